The smallest absolute Gasteiger partial charge is 0.317 e. The molecule has 2 heterocycles. The first-order valence-corrected chi connectivity index (χ1v) is 7.15. The molecule has 2 aliphatic heterocycles. The Kier molecular flexibility index (Phi) is 3.58. The summed E-state index contributed by atoms with van der Waals surface area (Å²) >= 11 is 0. The van der Waals surface area contributed by atoms with E-state index in [1.165, 1.54) is 0 Å². The highest BCUT2D eigenvalue weighted by atomic mass is 16.2. The van der Waals surface area contributed by atoms with E-state index in [1.54, 1.807) is 4.90 Å². The second kappa shape index (κ2) is 5.53. The van der Waals surface area contributed by atoms with Crippen molar-refractivity contribution in [1.29, 1.82) is 0 Å². The molecule has 2 fully saturated rings. The molecule has 0 saturated carbocycles. The summed E-state index contributed by atoms with van der Waals surface area (Å²) in [5, 5.41) is 2.98. The summed E-state index contributed by atoms with van der Waals surface area (Å²) < 4.78 is 0. The van der Waals surface area contributed by atoms with E-state index in [1.807, 2.05) is 35.2 Å². The molecule has 106 valence electrons. The quantitative estimate of drug-likeness (QED) is 0.889. The second-order valence-corrected chi connectivity index (χ2v) is 5.38. The zero-order chi connectivity index (χ0) is 13.9. The highest BCUT2D eigenvalue weighted by Crippen LogP contribution is 2.21. The number of benzene rings is 1. The number of hydrogen-bond acceptors (Lipinski definition) is 2. The van der Waals surface area contributed by atoms with Crippen molar-refractivity contribution >= 4 is 17.6 Å². The van der Waals surface area contributed by atoms with Gasteiger partial charge in [-0.1, -0.05) is 18.2 Å². The molecule has 0 aromatic heterocycles. The van der Waals surface area contributed by atoms with E-state index in [0.717, 1.165) is 31.6 Å². The molecule has 3 rings (SSSR count). The molecule has 5 nitrogen and oxygen atoms in total. The van der Waals surface area contributed by atoms with Crippen LogP contribution in [0.25, 0.3) is 0 Å². The molecule has 0 radical (unpaired) electrons. The van der Waals surface area contributed by atoms with Gasteiger partial charge in [-0.15, -0.1) is 0 Å². The maximum Gasteiger partial charge on any atom is 0.317 e. The zero-order valence-electron chi connectivity index (χ0n) is 11.4. The summed E-state index contributed by atoms with van der Waals surface area (Å²) in [6, 6.07) is 9.48. The molecule has 0 unspecified atom stereocenters. The molecule has 1 atom stereocenters. The Labute approximate surface area is 118 Å². The lowest BCUT2D eigenvalue weighted by Gasteiger charge is -2.20. The molecule has 20 heavy (non-hydrogen) atoms. The third-order valence-electron chi connectivity index (χ3n) is 3.91. The minimum atomic E-state index is -0.0872. The van der Waals surface area contributed by atoms with Gasteiger partial charge in [-0.05, 0) is 25.0 Å². The molecule has 0 aliphatic carbocycles. The lowest BCUT2D eigenvalue weighted by atomic mass is 10.2. The highest BCUT2D eigenvalue weighted by Gasteiger charge is 2.32. The molecule has 5 heteroatoms. The first kappa shape index (κ1) is 13.0. The van der Waals surface area contributed by atoms with Gasteiger partial charge in [0.15, 0.2) is 0 Å². The maximum absolute atomic E-state index is 12.0. The van der Waals surface area contributed by atoms with Crippen LogP contribution in [-0.4, -0.2) is 42.5 Å². The average Bonchev–Trinajstić information content (AvgIpc) is 3.09. The molecular formula is C15H19N3O2. The van der Waals surface area contributed by atoms with Gasteiger partial charge >= 0.3 is 6.03 Å². The average molecular weight is 273 g/mol. The van der Waals surface area contributed by atoms with Crippen LogP contribution in [0.3, 0.4) is 0 Å². The van der Waals surface area contributed by atoms with Crippen LogP contribution in [0.15, 0.2) is 30.3 Å². The number of carbonyl (C=O) groups is 2. The van der Waals surface area contributed by atoms with Crippen LogP contribution in [0.1, 0.15) is 19.3 Å². The summed E-state index contributed by atoms with van der Waals surface area (Å²) in [7, 11) is 0. The van der Waals surface area contributed by atoms with Crippen molar-refractivity contribution in [3.8, 4) is 0 Å². The van der Waals surface area contributed by atoms with E-state index in [4.69, 9.17) is 0 Å². The van der Waals surface area contributed by atoms with E-state index in [0.29, 0.717) is 13.0 Å². The predicted octanol–water partition coefficient (Wildman–Crippen LogP) is 1.60. The third-order valence-corrected chi connectivity index (χ3v) is 3.91. The fourth-order valence-electron chi connectivity index (χ4n) is 2.85. The minimum absolute atomic E-state index is 0.0322. The number of carbonyl (C=O) groups excluding carboxylic acids is 2. The van der Waals surface area contributed by atoms with Gasteiger partial charge in [0.05, 0.1) is 6.04 Å². The Morgan fingerprint density at radius 2 is 1.85 bits per heavy atom. The Bertz CT molecular complexity index is 497. The molecule has 0 spiro atoms. The summed E-state index contributed by atoms with van der Waals surface area (Å²) in [4.78, 5) is 27.7. The second-order valence-electron chi connectivity index (χ2n) is 5.38. The largest absolute Gasteiger partial charge is 0.333 e. The van der Waals surface area contributed by atoms with E-state index in [2.05, 4.69) is 5.32 Å². The third kappa shape index (κ3) is 2.61. The van der Waals surface area contributed by atoms with Gasteiger partial charge in [-0.25, -0.2) is 4.79 Å². The van der Waals surface area contributed by atoms with Crippen molar-refractivity contribution in [2.75, 3.05) is 24.5 Å². The number of hydrogen-bond donors (Lipinski definition) is 1. The SMILES string of the molecule is O=C(N[C@H]1CC(=O)N(c2ccccc2)C1)N1CCCC1. The first-order valence-electron chi connectivity index (χ1n) is 7.15. The number of amides is 3. The predicted molar refractivity (Wildman–Crippen MR) is 76.5 cm³/mol. The standard InChI is InChI=1S/C15H19N3O2/c19-14-10-12(16-15(20)17-8-4-5-9-17)11-18(14)13-6-2-1-3-7-13/h1-3,6-7,12H,4-5,8-11H2,(H,16,20)/t12-/m0/s1. The van der Waals surface area contributed by atoms with Gasteiger partial charge in [0.2, 0.25) is 5.91 Å². The van der Waals surface area contributed by atoms with Crippen molar-refractivity contribution in [1.82, 2.24) is 10.2 Å². The number of rotatable bonds is 2. The van der Waals surface area contributed by atoms with Crippen LogP contribution in [0, 0.1) is 0 Å². The van der Waals surface area contributed by atoms with Gasteiger partial charge in [0, 0.05) is 31.7 Å². The van der Waals surface area contributed by atoms with Crippen molar-refractivity contribution in [3.05, 3.63) is 30.3 Å². The summed E-state index contributed by atoms with van der Waals surface area (Å²) in [5.74, 6) is 0.0721. The van der Waals surface area contributed by atoms with Crippen LogP contribution in [0.2, 0.25) is 0 Å². The van der Waals surface area contributed by atoms with Gasteiger partial charge < -0.3 is 15.1 Å². The number of para-hydroxylation sites is 1. The number of nitrogens with zero attached hydrogens (tertiary/aromatic N) is 2. The van der Waals surface area contributed by atoms with Gasteiger partial charge in [0.1, 0.15) is 0 Å². The lowest BCUT2D eigenvalue weighted by molar-refractivity contribution is -0.117. The topological polar surface area (TPSA) is 52.7 Å². The molecule has 2 aliphatic rings. The number of anilines is 1. The number of urea groups is 1. The molecular weight excluding hydrogens is 254 g/mol. The van der Waals surface area contributed by atoms with Gasteiger partial charge in [-0.2, -0.15) is 0 Å². The van der Waals surface area contributed by atoms with Crippen molar-refractivity contribution < 1.29 is 9.59 Å². The van der Waals surface area contributed by atoms with E-state index >= 15 is 0 Å². The molecule has 3 amide bonds. The summed E-state index contributed by atoms with van der Waals surface area (Å²) in [6.07, 6.45) is 2.54. The van der Waals surface area contributed by atoms with Crippen LogP contribution in [-0.2, 0) is 4.79 Å². The number of likely N-dealkylation sites (tertiary alicyclic amines) is 1. The normalized spacial score (nSPS) is 22.4. The molecule has 0 bridgehead atoms. The first-order chi connectivity index (χ1) is 9.74. The fraction of sp³-hybridized carbons (Fsp3) is 0.467. The Hall–Kier alpha value is -2.04. The Morgan fingerprint density at radius 1 is 1.15 bits per heavy atom. The molecule has 1 aromatic carbocycles. The molecule has 1 aromatic rings. The Morgan fingerprint density at radius 3 is 2.55 bits per heavy atom. The van der Waals surface area contributed by atoms with Crippen molar-refractivity contribution in [3.63, 3.8) is 0 Å². The lowest BCUT2D eigenvalue weighted by Crippen LogP contribution is -2.44. The number of nitrogens with one attached hydrogen (secondary N) is 1. The summed E-state index contributed by atoms with van der Waals surface area (Å²) in [5.41, 5.74) is 0.899. The fourth-order valence-corrected chi connectivity index (χ4v) is 2.85. The maximum atomic E-state index is 12.0. The van der Waals surface area contributed by atoms with E-state index in [9.17, 15) is 9.59 Å². The van der Waals surface area contributed by atoms with E-state index in [-0.39, 0.29) is 18.0 Å². The van der Waals surface area contributed by atoms with Crippen molar-refractivity contribution in [2.24, 2.45) is 0 Å². The zero-order valence-corrected chi connectivity index (χ0v) is 11.4. The van der Waals surface area contributed by atoms with Crippen molar-refractivity contribution in [2.45, 2.75) is 25.3 Å². The van der Waals surface area contributed by atoms with E-state index < -0.39 is 0 Å². The molecule has 2 saturated heterocycles. The highest BCUT2D eigenvalue weighted by molar-refractivity contribution is 5.96. The molecule has 1 N–H and O–H groups in total. The minimum Gasteiger partial charge on any atom is -0.333 e. The van der Waals surface area contributed by atoms with Crippen LogP contribution in [0.4, 0.5) is 10.5 Å². The van der Waals surface area contributed by atoms with Crippen LogP contribution in [0.5, 0.6) is 0 Å². The van der Waals surface area contributed by atoms with Crippen LogP contribution >= 0.6 is 0 Å². The summed E-state index contributed by atoms with van der Waals surface area (Å²) in [6.45, 7) is 2.21. The van der Waals surface area contributed by atoms with Crippen LogP contribution < -0.4 is 10.2 Å². The Balaban J connectivity index is 1.60. The monoisotopic (exact) mass is 273 g/mol. The van der Waals surface area contributed by atoms with Gasteiger partial charge in [0.25, 0.3) is 0 Å². The van der Waals surface area contributed by atoms with Gasteiger partial charge in [-0.3, -0.25) is 4.79 Å².